The molecule has 0 saturated carbocycles. The van der Waals surface area contributed by atoms with Gasteiger partial charge in [0.15, 0.2) is 6.10 Å². The molecule has 0 fully saturated rings. The van der Waals surface area contributed by atoms with Crippen molar-refractivity contribution in [2.75, 3.05) is 19.8 Å². The van der Waals surface area contributed by atoms with E-state index < -0.39 is 6.10 Å². The van der Waals surface area contributed by atoms with E-state index in [1.165, 1.54) is 135 Å². The average Bonchev–Trinajstić information content (AvgIpc) is 3.32. The van der Waals surface area contributed by atoms with Gasteiger partial charge in [-0.05, 0) is 109 Å². The quantitative estimate of drug-likeness (QED) is 0.0346. The molecule has 0 heterocycles. The van der Waals surface area contributed by atoms with Crippen molar-refractivity contribution >= 4 is 11.9 Å². The standard InChI is InChI=1S/C61H106O5/c1-4-7-10-13-16-19-22-25-28-30-31-32-34-36-39-42-45-48-51-54-60(62)65-58-59(57-64-56-53-50-47-44-41-38-35-29-26-23-20-17-14-11-8-5-2)66-61(63)55-52-49-46-43-40-37-33-27-24-21-18-15-12-9-6-3/h8-9,11-12,17-18,20-21,25-29,33,59H,4-7,10,13-16,19,22-24,30-32,34-58H2,1-3H3/b11-8-,12-9-,20-17-,21-18-,28-25-,29-26-,33-27-. The van der Waals surface area contributed by atoms with Gasteiger partial charge in [-0.1, -0.05) is 228 Å². The van der Waals surface area contributed by atoms with Crippen LogP contribution < -0.4 is 0 Å². The van der Waals surface area contributed by atoms with E-state index in [4.69, 9.17) is 14.2 Å². The third-order valence-electron chi connectivity index (χ3n) is 11.9. The number of esters is 2. The minimum absolute atomic E-state index is 0.0692. The molecule has 0 spiro atoms. The van der Waals surface area contributed by atoms with Crippen LogP contribution >= 0.6 is 0 Å². The Morgan fingerprint density at radius 2 is 0.682 bits per heavy atom. The topological polar surface area (TPSA) is 61.8 Å². The minimum Gasteiger partial charge on any atom is -0.462 e. The van der Waals surface area contributed by atoms with Crippen molar-refractivity contribution in [3.8, 4) is 0 Å². The molecule has 0 saturated heterocycles. The molecule has 5 heteroatoms. The minimum atomic E-state index is -0.557. The molecule has 0 rings (SSSR count). The van der Waals surface area contributed by atoms with Crippen LogP contribution in [0.25, 0.3) is 0 Å². The smallest absolute Gasteiger partial charge is 0.306 e. The van der Waals surface area contributed by atoms with Crippen LogP contribution in [0.1, 0.15) is 265 Å². The molecule has 0 amide bonds. The molecule has 0 N–H and O–H groups in total. The Labute approximate surface area is 409 Å². The van der Waals surface area contributed by atoms with Crippen LogP contribution in [-0.2, 0) is 23.8 Å². The lowest BCUT2D eigenvalue weighted by Crippen LogP contribution is -2.30. The summed E-state index contributed by atoms with van der Waals surface area (Å²) in [4.78, 5) is 25.5. The summed E-state index contributed by atoms with van der Waals surface area (Å²) in [5, 5.41) is 0. The van der Waals surface area contributed by atoms with Crippen LogP contribution in [0.3, 0.4) is 0 Å². The van der Waals surface area contributed by atoms with Gasteiger partial charge in [-0.3, -0.25) is 9.59 Å². The summed E-state index contributed by atoms with van der Waals surface area (Å²) < 4.78 is 17.4. The first kappa shape index (κ1) is 63.1. The third kappa shape index (κ3) is 53.7. The van der Waals surface area contributed by atoms with Crippen molar-refractivity contribution in [3.63, 3.8) is 0 Å². The molecule has 0 radical (unpaired) electrons. The van der Waals surface area contributed by atoms with Crippen molar-refractivity contribution in [1.82, 2.24) is 0 Å². The normalized spacial score (nSPS) is 12.8. The van der Waals surface area contributed by atoms with E-state index in [0.717, 1.165) is 96.3 Å². The van der Waals surface area contributed by atoms with Gasteiger partial charge in [0, 0.05) is 19.4 Å². The van der Waals surface area contributed by atoms with Crippen molar-refractivity contribution in [2.24, 2.45) is 0 Å². The highest BCUT2D eigenvalue weighted by atomic mass is 16.6. The molecule has 0 aliphatic rings. The zero-order valence-corrected chi connectivity index (χ0v) is 43.7. The summed E-state index contributed by atoms with van der Waals surface area (Å²) in [5.74, 6) is -0.423. The van der Waals surface area contributed by atoms with Crippen LogP contribution in [0.4, 0.5) is 0 Å². The first-order valence-electron chi connectivity index (χ1n) is 28.1. The summed E-state index contributed by atoms with van der Waals surface area (Å²) in [6.07, 6.45) is 74.6. The number of hydrogen-bond acceptors (Lipinski definition) is 5. The maximum atomic E-state index is 12.8. The molecule has 0 bridgehead atoms. The predicted octanol–water partition coefficient (Wildman–Crippen LogP) is 19.2. The fraction of sp³-hybridized carbons (Fsp3) is 0.738. The molecule has 1 atom stereocenters. The average molecular weight is 920 g/mol. The molecule has 1 unspecified atom stereocenters. The maximum Gasteiger partial charge on any atom is 0.306 e. The lowest BCUT2D eigenvalue weighted by atomic mass is 10.1. The molecule has 66 heavy (non-hydrogen) atoms. The molecule has 380 valence electrons. The highest BCUT2D eigenvalue weighted by molar-refractivity contribution is 5.70. The highest BCUT2D eigenvalue weighted by Crippen LogP contribution is 2.15. The number of rotatable bonds is 51. The number of allylic oxidation sites excluding steroid dienone is 14. The summed E-state index contributed by atoms with van der Waals surface area (Å²) >= 11 is 0. The van der Waals surface area contributed by atoms with E-state index in [1.807, 2.05) is 0 Å². The molecule has 0 aromatic rings. The van der Waals surface area contributed by atoms with Gasteiger partial charge >= 0.3 is 11.9 Å². The Morgan fingerprint density at radius 3 is 1.11 bits per heavy atom. The summed E-state index contributed by atoms with van der Waals surface area (Å²) in [6.45, 7) is 7.57. The van der Waals surface area contributed by atoms with Gasteiger partial charge in [-0.2, -0.15) is 0 Å². The zero-order chi connectivity index (χ0) is 47.7. The van der Waals surface area contributed by atoms with Gasteiger partial charge in [0.05, 0.1) is 6.61 Å². The molecule has 0 aliphatic heterocycles. The fourth-order valence-corrected chi connectivity index (χ4v) is 7.77. The van der Waals surface area contributed by atoms with Crippen LogP contribution in [0, 0.1) is 0 Å². The van der Waals surface area contributed by atoms with Crippen molar-refractivity contribution < 1.29 is 23.8 Å². The van der Waals surface area contributed by atoms with Gasteiger partial charge < -0.3 is 14.2 Å². The van der Waals surface area contributed by atoms with Crippen LogP contribution in [0.2, 0.25) is 0 Å². The fourth-order valence-electron chi connectivity index (χ4n) is 7.77. The van der Waals surface area contributed by atoms with Crippen molar-refractivity contribution in [3.05, 3.63) is 85.1 Å². The van der Waals surface area contributed by atoms with Crippen LogP contribution in [0.5, 0.6) is 0 Å². The predicted molar refractivity (Wildman–Crippen MR) is 288 cm³/mol. The van der Waals surface area contributed by atoms with E-state index >= 15 is 0 Å². The van der Waals surface area contributed by atoms with Gasteiger partial charge in [0.25, 0.3) is 0 Å². The molecule has 0 aromatic carbocycles. The van der Waals surface area contributed by atoms with Crippen LogP contribution in [-0.4, -0.2) is 37.9 Å². The Morgan fingerprint density at radius 1 is 0.348 bits per heavy atom. The Balaban J connectivity index is 4.30. The second-order valence-electron chi connectivity index (χ2n) is 18.4. The number of carbonyl (C=O) groups is 2. The van der Waals surface area contributed by atoms with Crippen molar-refractivity contribution in [1.29, 1.82) is 0 Å². The van der Waals surface area contributed by atoms with E-state index in [1.54, 1.807) is 0 Å². The number of carbonyl (C=O) groups excluding carboxylic acids is 2. The molecule has 0 aromatic heterocycles. The summed E-state index contributed by atoms with van der Waals surface area (Å²) in [6, 6.07) is 0. The molecular formula is C61H106O5. The van der Waals surface area contributed by atoms with E-state index in [9.17, 15) is 9.59 Å². The van der Waals surface area contributed by atoms with Crippen molar-refractivity contribution in [2.45, 2.75) is 271 Å². The van der Waals surface area contributed by atoms with Gasteiger partial charge in [0.1, 0.15) is 6.61 Å². The molecule has 0 aliphatic carbocycles. The number of unbranched alkanes of at least 4 members (excludes halogenated alkanes) is 26. The van der Waals surface area contributed by atoms with Crippen LogP contribution in [0.15, 0.2) is 85.1 Å². The van der Waals surface area contributed by atoms with E-state index in [0.29, 0.717) is 19.4 Å². The second-order valence-corrected chi connectivity index (χ2v) is 18.4. The first-order chi connectivity index (χ1) is 32.6. The first-order valence-corrected chi connectivity index (χ1v) is 28.1. The van der Waals surface area contributed by atoms with E-state index in [-0.39, 0.29) is 25.2 Å². The van der Waals surface area contributed by atoms with E-state index in [2.05, 4.69) is 106 Å². The third-order valence-corrected chi connectivity index (χ3v) is 11.9. The van der Waals surface area contributed by atoms with Gasteiger partial charge in [-0.15, -0.1) is 0 Å². The number of ether oxygens (including phenoxy) is 3. The lowest BCUT2D eigenvalue weighted by Gasteiger charge is -2.18. The Hall–Kier alpha value is -2.92. The molecule has 5 nitrogen and oxygen atoms in total. The second kappa shape index (κ2) is 56.4. The largest absolute Gasteiger partial charge is 0.462 e. The SMILES string of the molecule is CC/C=C\C/C=C\C/C=C\CCCCCCCCOCC(COC(=O)CCCCCCCCCCC/C=C\CCCCCCCC)OC(=O)CCCCCCC/C=C\C/C=C\C/C=C\CC. The monoisotopic (exact) mass is 919 g/mol. The summed E-state index contributed by atoms with van der Waals surface area (Å²) in [7, 11) is 0. The zero-order valence-electron chi connectivity index (χ0n) is 43.7. The summed E-state index contributed by atoms with van der Waals surface area (Å²) in [5.41, 5.74) is 0. The van der Waals surface area contributed by atoms with Gasteiger partial charge in [0.2, 0.25) is 0 Å². The lowest BCUT2D eigenvalue weighted by molar-refractivity contribution is -0.163. The maximum absolute atomic E-state index is 12.8. The Bertz CT molecular complexity index is 1220. The molecular weight excluding hydrogens is 813 g/mol. The number of hydrogen-bond donors (Lipinski definition) is 0. The van der Waals surface area contributed by atoms with Gasteiger partial charge in [-0.25, -0.2) is 0 Å². The highest BCUT2D eigenvalue weighted by Gasteiger charge is 2.17. The Kier molecular flexibility index (Phi) is 53.9.